The van der Waals surface area contributed by atoms with Gasteiger partial charge in [-0.1, -0.05) is 276 Å². The van der Waals surface area contributed by atoms with Crippen LogP contribution in [0.15, 0.2) is 17.2 Å². The Morgan fingerprint density at radius 3 is 0.783 bits per heavy atom. The van der Waals surface area contributed by atoms with E-state index >= 15 is 0 Å². The summed E-state index contributed by atoms with van der Waals surface area (Å²) in [6.45, 7) is 8.78. The van der Waals surface area contributed by atoms with Crippen molar-refractivity contribution in [2.45, 2.75) is 290 Å². The molecule has 0 aliphatic heterocycles. The van der Waals surface area contributed by atoms with Crippen molar-refractivity contribution in [1.82, 2.24) is 0 Å². The Bertz CT molecular complexity index is 1020. The number of hydrogen-bond donors (Lipinski definition) is 0. The van der Waals surface area contributed by atoms with Crippen LogP contribution in [0.25, 0.3) is 10.4 Å². The minimum Gasteiger partial charge on any atom is -0.490 e. The van der Waals surface area contributed by atoms with Gasteiger partial charge in [0.15, 0.2) is 11.5 Å². The molecule has 60 heavy (non-hydrogen) atoms. The van der Waals surface area contributed by atoms with Crippen LogP contribution in [-0.4, -0.2) is 19.8 Å². The van der Waals surface area contributed by atoms with Crippen molar-refractivity contribution in [3.05, 3.63) is 22.6 Å². The van der Waals surface area contributed by atoms with E-state index in [1.807, 2.05) is 12.1 Å². The highest BCUT2D eigenvalue weighted by atomic mass is 16.5. The fraction of sp³-hybridized carbons (Fsp3) is 0.889. The molecule has 0 aliphatic carbocycles. The van der Waals surface area contributed by atoms with Crippen LogP contribution in [0.3, 0.4) is 0 Å². The van der Waals surface area contributed by atoms with Gasteiger partial charge in [0.05, 0.1) is 19.8 Å². The average Bonchev–Trinajstić information content (AvgIpc) is 3.25. The van der Waals surface area contributed by atoms with Crippen LogP contribution in [-0.2, 0) is 0 Å². The second kappa shape index (κ2) is 46.4. The Kier molecular flexibility index (Phi) is 43.3. The monoisotopic (exact) mass is 840 g/mol. The predicted molar refractivity (Wildman–Crippen MR) is 263 cm³/mol. The molecule has 0 saturated carbocycles. The van der Waals surface area contributed by atoms with Gasteiger partial charge in [0.2, 0.25) is 5.75 Å². The quantitative estimate of drug-likeness (QED) is 0.0284. The number of benzene rings is 1. The summed E-state index contributed by atoms with van der Waals surface area (Å²) in [6, 6.07) is 3.67. The molecular weight excluding hydrogens is 739 g/mol. The SMILES string of the molecule is CCCCCCCCCCCCCCCCOc1cc(N=[N+]=[N-])cc(OCCCCCCCCCCCCCCCC)c1OCCCCCCCCCCCCCCCC. The third kappa shape index (κ3) is 36.6. The van der Waals surface area contributed by atoms with Gasteiger partial charge < -0.3 is 14.2 Å². The van der Waals surface area contributed by atoms with Gasteiger partial charge in [-0.05, 0) is 36.9 Å². The van der Waals surface area contributed by atoms with E-state index < -0.39 is 0 Å². The molecule has 0 fully saturated rings. The molecule has 6 heteroatoms. The van der Waals surface area contributed by atoms with Crippen LogP contribution in [0.2, 0.25) is 0 Å². The summed E-state index contributed by atoms with van der Waals surface area (Å²) in [5.74, 6) is 1.98. The molecule has 0 N–H and O–H groups in total. The minimum absolute atomic E-state index is 0.522. The molecule has 0 amide bonds. The van der Waals surface area contributed by atoms with Crippen LogP contribution in [0.5, 0.6) is 17.2 Å². The van der Waals surface area contributed by atoms with Gasteiger partial charge in [-0.3, -0.25) is 0 Å². The summed E-state index contributed by atoms with van der Waals surface area (Å²) in [5, 5.41) is 3.95. The number of nitrogens with zero attached hydrogens (tertiary/aromatic N) is 3. The first-order valence-electron chi connectivity index (χ1n) is 26.9. The summed E-state index contributed by atoms with van der Waals surface area (Å²) >= 11 is 0. The van der Waals surface area contributed by atoms with E-state index in [1.165, 1.54) is 250 Å². The Labute approximate surface area is 373 Å². The lowest BCUT2D eigenvalue weighted by Crippen LogP contribution is -2.06. The smallest absolute Gasteiger partial charge is 0.203 e. The molecule has 0 bridgehead atoms. The first kappa shape index (κ1) is 55.9. The van der Waals surface area contributed by atoms with Crippen molar-refractivity contribution in [2.24, 2.45) is 5.11 Å². The maximum Gasteiger partial charge on any atom is 0.203 e. The van der Waals surface area contributed by atoms with Crippen molar-refractivity contribution in [3.8, 4) is 17.2 Å². The van der Waals surface area contributed by atoms with Gasteiger partial charge in [-0.2, -0.15) is 0 Å². The van der Waals surface area contributed by atoms with Crippen molar-refractivity contribution >= 4 is 5.69 Å². The standard InChI is InChI=1S/C54H101N3O3/c1-4-7-10-13-16-19-22-25-28-31-34-37-40-43-46-58-52-49-51(56-57-55)50-53(59-47-44-41-38-35-32-29-26-23-20-17-14-11-8-5-2)54(52)60-48-45-42-39-36-33-30-27-24-21-18-15-12-9-6-3/h49-50H,4-48H2,1-3H3. The van der Waals surface area contributed by atoms with E-state index in [4.69, 9.17) is 14.2 Å². The van der Waals surface area contributed by atoms with E-state index in [9.17, 15) is 5.53 Å². The van der Waals surface area contributed by atoms with E-state index in [0.29, 0.717) is 42.8 Å². The number of hydrogen-bond acceptors (Lipinski definition) is 4. The van der Waals surface area contributed by atoms with Crippen LogP contribution in [0.4, 0.5) is 5.69 Å². The lowest BCUT2D eigenvalue weighted by molar-refractivity contribution is 0.234. The molecule has 0 spiro atoms. The summed E-state index contributed by atoms with van der Waals surface area (Å²) in [7, 11) is 0. The predicted octanol–water partition coefficient (Wildman–Crippen LogP) is 20.2. The highest BCUT2D eigenvalue weighted by Crippen LogP contribution is 2.42. The molecule has 0 radical (unpaired) electrons. The van der Waals surface area contributed by atoms with Crippen molar-refractivity contribution in [2.75, 3.05) is 19.8 Å². The average molecular weight is 840 g/mol. The molecule has 350 valence electrons. The van der Waals surface area contributed by atoms with Gasteiger partial charge in [0.1, 0.15) is 0 Å². The van der Waals surface area contributed by atoms with Crippen LogP contribution >= 0.6 is 0 Å². The van der Waals surface area contributed by atoms with Crippen LogP contribution in [0.1, 0.15) is 290 Å². The molecule has 1 aromatic carbocycles. The van der Waals surface area contributed by atoms with Crippen molar-refractivity contribution in [1.29, 1.82) is 0 Å². The molecule has 0 aliphatic rings. The fourth-order valence-corrected chi connectivity index (χ4v) is 8.46. The Morgan fingerprint density at radius 1 is 0.333 bits per heavy atom. The van der Waals surface area contributed by atoms with Gasteiger partial charge in [0, 0.05) is 10.6 Å². The summed E-state index contributed by atoms with van der Waals surface area (Å²) in [5.41, 5.74) is 9.82. The number of ether oxygens (including phenoxy) is 3. The normalized spacial score (nSPS) is 11.2. The molecular formula is C54H101N3O3. The third-order valence-electron chi connectivity index (χ3n) is 12.4. The Morgan fingerprint density at radius 2 is 0.550 bits per heavy atom. The molecule has 0 aromatic heterocycles. The molecule has 6 nitrogen and oxygen atoms in total. The molecule has 0 unspecified atom stereocenters. The van der Waals surface area contributed by atoms with E-state index in [1.54, 1.807) is 0 Å². The highest BCUT2D eigenvalue weighted by molar-refractivity contribution is 5.60. The zero-order valence-electron chi connectivity index (χ0n) is 40.5. The molecule has 0 saturated heterocycles. The topological polar surface area (TPSA) is 76.5 Å². The second-order valence-electron chi connectivity index (χ2n) is 18.3. The first-order valence-corrected chi connectivity index (χ1v) is 26.9. The first-order chi connectivity index (χ1) is 29.8. The fourth-order valence-electron chi connectivity index (χ4n) is 8.46. The summed E-state index contributed by atoms with van der Waals surface area (Å²) < 4.78 is 19.2. The lowest BCUT2D eigenvalue weighted by Gasteiger charge is -2.18. The second-order valence-corrected chi connectivity index (χ2v) is 18.3. The maximum atomic E-state index is 9.30. The number of rotatable bonds is 49. The van der Waals surface area contributed by atoms with Crippen molar-refractivity contribution < 1.29 is 14.2 Å². The molecule has 1 aromatic rings. The van der Waals surface area contributed by atoms with Crippen molar-refractivity contribution in [3.63, 3.8) is 0 Å². The lowest BCUT2D eigenvalue weighted by atomic mass is 10.0. The van der Waals surface area contributed by atoms with Crippen LogP contribution in [0, 0.1) is 0 Å². The summed E-state index contributed by atoms with van der Waals surface area (Å²) in [6.07, 6.45) is 56.1. The third-order valence-corrected chi connectivity index (χ3v) is 12.4. The zero-order chi connectivity index (χ0) is 43.1. The van der Waals surface area contributed by atoms with E-state index in [0.717, 1.165) is 19.3 Å². The zero-order valence-corrected chi connectivity index (χ0v) is 40.5. The van der Waals surface area contributed by atoms with Gasteiger partial charge in [-0.15, -0.1) is 0 Å². The Balaban J connectivity index is 2.50. The Hall–Kier alpha value is -2.07. The van der Waals surface area contributed by atoms with E-state index in [-0.39, 0.29) is 0 Å². The van der Waals surface area contributed by atoms with Crippen LogP contribution < -0.4 is 14.2 Å². The molecule has 0 atom stereocenters. The number of unbranched alkanes of at least 4 members (excludes halogenated alkanes) is 39. The minimum atomic E-state index is 0.522. The van der Waals surface area contributed by atoms with Gasteiger partial charge in [0.25, 0.3) is 0 Å². The largest absolute Gasteiger partial charge is 0.490 e. The van der Waals surface area contributed by atoms with Gasteiger partial charge in [-0.25, -0.2) is 0 Å². The number of azide groups is 1. The molecule has 1 rings (SSSR count). The maximum absolute atomic E-state index is 9.30. The van der Waals surface area contributed by atoms with Gasteiger partial charge >= 0.3 is 0 Å². The highest BCUT2D eigenvalue weighted by Gasteiger charge is 2.16. The van der Waals surface area contributed by atoms with E-state index in [2.05, 4.69) is 30.8 Å². The summed E-state index contributed by atoms with van der Waals surface area (Å²) in [4.78, 5) is 3.09. The molecule has 0 heterocycles.